The van der Waals surface area contributed by atoms with Crippen molar-refractivity contribution in [2.45, 2.75) is 37.7 Å². The van der Waals surface area contributed by atoms with Gasteiger partial charge in [-0.2, -0.15) is 0 Å². The van der Waals surface area contributed by atoms with Crippen LogP contribution in [0.4, 0.5) is 0 Å². The summed E-state index contributed by atoms with van der Waals surface area (Å²) in [4.78, 5) is 12.4. The van der Waals surface area contributed by atoms with Crippen molar-refractivity contribution in [3.8, 4) is 0 Å². The molecule has 2 rings (SSSR count). The summed E-state index contributed by atoms with van der Waals surface area (Å²) in [5.74, 6) is -0.573. The largest absolute Gasteiger partial charge is 0.462 e. The van der Waals surface area contributed by atoms with E-state index in [4.69, 9.17) is 4.74 Å². The number of hydrogen-bond acceptors (Lipinski definition) is 3. The Morgan fingerprint density at radius 2 is 1.90 bits per heavy atom. The molecule has 1 fully saturated rings. The Morgan fingerprint density at radius 3 is 2.50 bits per heavy atom. The fourth-order valence-corrected chi connectivity index (χ4v) is 3.14. The number of hydrogen-bond donors (Lipinski definition) is 1. The summed E-state index contributed by atoms with van der Waals surface area (Å²) in [6, 6.07) is 9.20. The third-order valence-electron chi connectivity index (χ3n) is 4.03. The molecule has 1 saturated carbocycles. The molecule has 3 nitrogen and oxygen atoms in total. The highest BCUT2D eigenvalue weighted by atomic mass is 79.9. The standard InChI is InChI=1S/C16H21BrO3/c17-11-12-20-15(18)16(19,13-7-3-1-4-8-13)14-9-5-2-6-10-14/h1,3-4,7-8,14,19H,2,5-6,9-12H2. The zero-order valence-corrected chi connectivity index (χ0v) is 13.1. The highest BCUT2D eigenvalue weighted by Gasteiger charge is 2.46. The van der Waals surface area contributed by atoms with Crippen molar-refractivity contribution in [1.29, 1.82) is 0 Å². The average molecular weight is 341 g/mol. The number of rotatable bonds is 5. The summed E-state index contributed by atoms with van der Waals surface area (Å²) >= 11 is 3.24. The minimum absolute atomic E-state index is 0.0542. The second-order valence-corrected chi connectivity index (χ2v) is 6.09. The van der Waals surface area contributed by atoms with Gasteiger partial charge in [0.15, 0.2) is 5.60 Å². The molecule has 1 aliphatic rings. The Kier molecular flexibility index (Phi) is 5.61. The van der Waals surface area contributed by atoms with E-state index in [1.165, 1.54) is 6.42 Å². The van der Waals surface area contributed by atoms with E-state index in [0.29, 0.717) is 10.9 Å². The predicted molar refractivity (Wildman–Crippen MR) is 81.7 cm³/mol. The van der Waals surface area contributed by atoms with Crippen LogP contribution in [0.15, 0.2) is 30.3 Å². The number of aliphatic hydroxyl groups is 1. The predicted octanol–water partition coefficient (Wildman–Crippen LogP) is 3.39. The molecule has 1 atom stereocenters. The summed E-state index contributed by atoms with van der Waals surface area (Å²) in [5.41, 5.74) is -0.865. The molecule has 1 N–H and O–H groups in total. The fourth-order valence-electron chi connectivity index (χ4n) is 2.97. The molecule has 20 heavy (non-hydrogen) atoms. The quantitative estimate of drug-likeness (QED) is 0.660. The van der Waals surface area contributed by atoms with Gasteiger partial charge in [-0.1, -0.05) is 65.5 Å². The lowest BCUT2D eigenvalue weighted by Crippen LogP contribution is -2.45. The third kappa shape index (κ3) is 3.23. The van der Waals surface area contributed by atoms with E-state index in [1.54, 1.807) is 0 Å². The van der Waals surface area contributed by atoms with Crippen LogP contribution in [-0.2, 0) is 15.1 Å². The lowest BCUT2D eigenvalue weighted by molar-refractivity contribution is -0.175. The maximum Gasteiger partial charge on any atom is 0.343 e. The van der Waals surface area contributed by atoms with Gasteiger partial charge in [0.1, 0.15) is 6.61 Å². The Bertz CT molecular complexity index is 429. The first kappa shape index (κ1) is 15.5. The molecule has 0 bridgehead atoms. The summed E-state index contributed by atoms with van der Waals surface area (Å²) < 4.78 is 5.23. The van der Waals surface area contributed by atoms with E-state index >= 15 is 0 Å². The van der Waals surface area contributed by atoms with E-state index in [0.717, 1.165) is 25.7 Å². The van der Waals surface area contributed by atoms with Crippen molar-refractivity contribution in [1.82, 2.24) is 0 Å². The third-order valence-corrected chi connectivity index (χ3v) is 4.36. The number of carbonyl (C=O) groups is 1. The smallest absolute Gasteiger partial charge is 0.343 e. The van der Waals surface area contributed by atoms with Crippen LogP contribution >= 0.6 is 15.9 Å². The lowest BCUT2D eigenvalue weighted by atomic mass is 9.73. The van der Waals surface area contributed by atoms with Crippen molar-refractivity contribution in [3.63, 3.8) is 0 Å². The summed E-state index contributed by atoms with van der Waals surface area (Å²) in [6.07, 6.45) is 5.04. The maximum atomic E-state index is 12.4. The maximum absolute atomic E-state index is 12.4. The SMILES string of the molecule is O=C(OCCBr)C(O)(c1ccccc1)C1CCCCC1. The molecule has 110 valence electrons. The van der Waals surface area contributed by atoms with Crippen molar-refractivity contribution in [2.24, 2.45) is 5.92 Å². The number of alkyl halides is 1. The van der Waals surface area contributed by atoms with E-state index in [2.05, 4.69) is 15.9 Å². The second-order valence-electron chi connectivity index (χ2n) is 5.29. The van der Waals surface area contributed by atoms with Crippen molar-refractivity contribution < 1.29 is 14.6 Å². The molecular formula is C16H21BrO3. The van der Waals surface area contributed by atoms with Gasteiger partial charge in [0, 0.05) is 11.2 Å². The molecule has 0 aliphatic heterocycles. The molecule has 4 heteroatoms. The Hall–Kier alpha value is -0.870. The Balaban J connectivity index is 2.29. The number of ether oxygens (including phenoxy) is 1. The van der Waals surface area contributed by atoms with Gasteiger partial charge in [-0.3, -0.25) is 0 Å². The van der Waals surface area contributed by atoms with Crippen molar-refractivity contribution in [3.05, 3.63) is 35.9 Å². The molecule has 1 aromatic rings. The van der Waals surface area contributed by atoms with Crippen LogP contribution < -0.4 is 0 Å². The number of benzene rings is 1. The summed E-state index contributed by atoms with van der Waals surface area (Å²) in [6.45, 7) is 0.278. The van der Waals surface area contributed by atoms with Gasteiger partial charge in [0.05, 0.1) is 0 Å². The summed E-state index contributed by atoms with van der Waals surface area (Å²) in [7, 11) is 0. The zero-order chi connectivity index (χ0) is 14.4. The molecule has 1 unspecified atom stereocenters. The van der Waals surface area contributed by atoms with Crippen LogP contribution in [0.25, 0.3) is 0 Å². The van der Waals surface area contributed by atoms with Crippen LogP contribution in [0.1, 0.15) is 37.7 Å². The van der Waals surface area contributed by atoms with E-state index < -0.39 is 11.6 Å². The lowest BCUT2D eigenvalue weighted by Gasteiger charge is -2.36. The first-order chi connectivity index (χ1) is 9.69. The molecule has 0 spiro atoms. The van der Waals surface area contributed by atoms with Crippen LogP contribution in [0.2, 0.25) is 0 Å². The van der Waals surface area contributed by atoms with E-state index in [9.17, 15) is 9.90 Å². The molecule has 0 radical (unpaired) electrons. The van der Waals surface area contributed by atoms with Gasteiger partial charge in [0.2, 0.25) is 0 Å². The molecule has 1 aromatic carbocycles. The normalized spacial score (nSPS) is 19.3. The van der Waals surface area contributed by atoms with Gasteiger partial charge in [0.25, 0.3) is 0 Å². The summed E-state index contributed by atoms with van der Waals surface area (Å²) in [5, 5.41) is 11.7. The van der Waals surface area contributed by atoms with E-state index in [1.807, 2.05) is 30.3 Å². The van der Waals surface area contributed by atoms with Crippen molar-refractivity contribution in [2.75, 3.05) is 11.9 Å². The van der Waals surface area contributed by atoms with Gasteiger partial charge in [-0.25, -0.2) is 4.79 Å². The van der Waals surface area contributed by atoms with Gasteiger partial charge >= 0.3 is 5.97 Å². The van der Waals surface area contributed by atoms with Crippen LogP contribution in [0.5, 0.6) is 0 Å². The minimum atomic E-state index is -1.51. The molecule has 0 aromatic heterocycles. The Morgan fingerprint density at radius 1 is 1.25 bits per heavy atom. The highest BCUT2D eigenvalue weighted by Crippen LogP contribution is 2.40. The first-order valence-electron chi connectivity index (χ1n) is 7.20. The van der Waals surface area contributed by atoms with Crippen LogP contribution in [0, 0.1) is 5.92 Å². The number of esters is 1. The molecular weight excluding hydrogens is 320 g/mol. The van der Waals surface area contributed by atoms with Crippen LogP contribution in [0.3, 0.4) is 0 Å². The molecule has 0 saturated heterocycles. The van der Waals surface area contributed by atoms with Gasteiger partial charge in [-0.05, 0) is 18.4 Å². The minimum Gasteiger partial charge on any atom is -0.462 e. The molecule has 0 heterocycles. The average Bonchev–Trinajstić information content (AvgIpc) is 2.53. The first-order valence-corrected chi connectivity index (χ1v) is 8.33. The van der Waals surface area contributed by atoms with E-state index in [-0.39, 0.29) is 12.5 Å². The van der Waals surface area contributed by atoms with Gasteiger partial charge in [-0.15, -0.1) is 0 Å². The number of halogens is 1. The number of carbonyl (C=O) groups excluding carboxylic acids is 1. The highest BCUT2D eigenvalue weighted by molar-refractivity contribution is 9.09. The Labute approximate surface area is 128 Å². The topological polar surface area (TPSA) is 46.5 Å². The monoisotopic (exact) mass is 340 g/mol. The zero-order valence-electron chi connectivity index (χ0n) is 11.6. The van der Waals surface area contributed by atoms with Crippen LogP contribution in [-0.4, -0.2) is 23.0 Å². The van der Waals surface area contributed by atoms with Gasteiger partial charge < -0.3 is 9.84 Å². The fraction of sp³-hybridized carbons (Fsp3) is 0.562. The van der Waals surface area contributed by atoms with Crippen molar-refractivity contribution >= 4 is 21.9 Å². The second kappa shape index (κ2) is 7.23. The molecule has 1 aliphatic carbocycles. The molecule has 0 amide bonds.